The summed E-state index contributed by atoms with van der Waals surface area (Å²) in [6, 6.07) is 3.43. The van der Waals surface area contributed by atoms with Crippen molar-refractivity contribution in [2.24, 2.45) is 0 Å². The molecular formula is C18H18N4O4S2. The molecular weight excluding hydrogens is 400 g/mol. The fraction of sp³-hybridized carbons (Fsp3) is 0.389. The number of likely N-dealkylation sites (tertiary alicyclic amines) is 1. The fourth-order valence-corrected chi connectivity index (χ4v) is 4.91. The predicted molar refractivity (Wildman–Crippen MR) is 106 cm³/mol. The van der Waals surface area contributed by atoms with Crippen LogP contribution in [0.3, 0.4) is 0 Å². The molecule has 0 aromatic carbocycles. The molecule has 10 heteroatoms. The third-order valence-electron chi connectivity index (χ3n) is 4.94. The molecule has 2 aromatic heterocycles. The molecule has 4 rings (SSSR count). The van der Waals surface area contributed by atoms with Crippen molar-refractivity contribution in [3.8, 4) is 11.3 Å². The van der Waals surface area contributed by atoms with E-state index < -0.39 is 16.4 Å². The molecule has 146 valence electrons. The Kier molecular flexibility index (Phi) is 5.31. The number of rotatable bonds is 4. The van der Waals surface area contributed by atoms with Gasteiger partial charge >= 0.3 is 0 Å². The first-order chi connectivity index (χ1) is 13.5. The number of nitrogens with one attached hydrogen (secondary N) is 2. The van der Waals surface area contributed by atoms with Crippen LogP contribution in [0.15, 0.2) is 27.7 Å². The number of amides is 3. The van der Waals surface area contributed by atoms with Crippen molar-refractivity contribution in [3.63, 3.8) is 0 Å². The molecule has 0 aliphatic carbocycles. The maximum atomic E-state index is 12.5. The molecule has 28 heavy (non-hydrogen) atoms. The topological polar surface area (TPSA) is 112 Å². The summed E-state index contributed by atoms with van der Waals surface area (Å²) in [5, 5.41) is 5.05. The van der Waals surface area contributed by atoms with E-state index in [0.29, 0.717) is 37.4 Å². The lowest BCUT2D eigenvalue weighted by atomic mass is 9.95. The lowest BCUT2D eigenvalue weighted by Crippen LogP contribution is -2.40. The Hall–Kier alpha value is -2.46. The van der Waals surface area contributed by atoms with Crippen LogP contribution in [0, 0.1) is 0 Å². The van der Waals surface area contributed by atoms with Crippen molar-refractivity contribution >= 4 is 40.2 Å². The molecule has 2 fully saturated rings. The van der Waals surface area contributed by atoms with Gasteiger partial charge in [-0.25, -0.2) is 4.98 Å². The van der Waals surface area contributed by atoms with Gasteiger partial charge in [-0.2, -0.15) is 11.3 Å². The predicted octanol–water partition coefficient (Wildman–Crippen LogP) is 1.95. The van der Waals surface area contributed by atoms with Crippen molar-refractivity contribution in [1.82, 2.24) is 20.2 Å². The summed E-state index contributed by atoms with van der Waals surface area (Å²) in [6.45, 7) is 1.06. The number of carbonyl (C=O) groups excluding carboxylic acids is 3. The summed E-state index contributed by atoms with van der Waals surface area (Å²) >= 11 is 2.42. The Labute approximate surface area is 168 Å². The largest absolute Gasteiger partial charge is 0.343 e. The van der Waals surface area contributed by atoms with Crippen LogP contribution in [0.4, 0.5) is 4.79 Å². The van der Waals surface area contributed by atoms with E-state index in [4.69, 9.17) is 0 Å². The Balaban J connectivity index is 1.39. The highest BCUT2D eigenvalue weighted by atomic mass is 32.2. The Bertz CT molecular complexity index is 964. The number of thiophene rings is 1. The second kappa shape index (κ2) is 7.88. The van der Waals surface area contributed by atoms with Crippen molar-refractivity contribution in [2.45, 2.75) is 30.4 Å². The number of hydrogen-bond acceptors (Lipinski definition) is 7. The lowest BCUT2D eigenvalue weighted by Gasteiger charge is -2.32. The number of H-pyrrole nitrogens is 1. The van der Waals surface area contributed by atoms with E-state index in [0.717, 1.165) is 17.3 Å². The minimum Gasteiger partial charge on any atom is -0.343 e. The number of carbonyl (C=O) groups is 3. The quantitative estimate of drug-likeness (QED) is 0.785. The molecule has 0 bridgehead atoms. The summed E-state index contributed by atoms with van der Waals surface area (Å²) < 4.78 is 0. The number of aromatic amines is 1. The molecule has 0 unspecified atom stereocenters. The van der Waals surface area contributed by atoms with Gasteiger partial charge in [0.1, 0.15) is 11.1 Å². The Morgan fingerprint density at radius 3 is 2.68 bits per heavy atom. The summed E-state index contributed by atoms with van der Waals surface area (Å²) in [5.74, 6) is 0.192. The maximum Gasteiger partial charge on any atom is 0.286 e. The standard InChI is InChI=1S/C18H18N4O4S2/c23-14-7-12(11-3-6-27-9-11)19-16(20-14)10-1-4-22(5-2-10)15(24)8-13-17(25)21-18(26)28-13/h3,6-7,9-10,13H,1-2,4-5,8H2,(H,19,20,23)(H,21,25,26)/t13-/m0/s1. The zero-order chi connectivity index (χ0) is 19.7. The molecule has 2 aliphatic rings. The van der Waals surface area contributed by atoms with Crippen LogP contribution in [-0.2, 0) is 9.59 Å². The number of aromatic nitrogens is 2. The average Bonchev–Trinajstić information content (AvgIpc) is 3.31. The van der Waals surface area contributed by atoms with Crippen LogP contribution in [0.25, 0.3) is 11.3 Å². The zero-order valence-electron chi connectivity index (χ0n) is 14.8. The molecule has 4 heterocycles. The van der Waals surface area contributed by atoms with Crippen LogP contribution in [0.5, 0.6) is 0 Å². The highest BCUT2D eigenvalue weighted by Crippen LogP contribution is 2.29. The van der Waals surface area contributed by atoms with Gasteiger partial charge < -0.3 is 9.88 Å². The third kappa shape index (κ3) is 4.02. The van der Waals surface area contributed by atoms with E-state index >= 15 is 0 Å². The smallest absolute Gasteiger partial charge is 0.286 e. The number of thioether (sulfide) groups is 1. The van der Waals surface area contributed by atoms with Gasteiger partial charge in [0, 0.05) is 42.4 Å². The Morgan fingerprint density at radius 1 is 1.25 bits per heavy atom. The van der Waals surface area contributed by atoms with E-state index in [9.17, 15) is 19.2 Å². The third-order valence-corrected chi connectivity index (χ3v) is 6.60. The molecule has 0 radical (unpaired) electrons. The molecule has 2 N–H and O–H groups in total. The van der Waals surface area contributed by atoms with Gasteiger partial charge in [-0.3, -0.25) is 24.5 Å². The van der Waals surface area contributed by atoms with Gasteiger partial charge in [0.05, 0.1) is 5.69 Å². The maximum absolute atomic E-state index is 12.5. The first-order valence-corrected chi connectivity index (χ1v) is 10.7. The van der Waals surface area contributed by atoms with Crippen LogP contribution in [0.1, 0.15) is 31.0 Å². The van der Waals surface area contributed by atoms with Gasteiger partial charge in [0.25, 0.3) is 10.8 Å². The van der Waals surface area contributed by atoms with E-state index in [1.54, 1.807) is 16.2 Å². The second-order valence-electron chi connectivity index (χ2n) is 6.77. The Morgan fingerprint density at radius 2 is 2.04 bits per heavy atom. The number of imide groups is 1. The van der Waals surface area contributed by atoms with E-state index in [1.165, 1.54) is 6.07 Å². The van der Waals surface area contributed by atoms with Crippen LogP contribution < -0.4 is 10.9 Å². The van der Waals surface area contributed by atoms with Gasteiger partial charge in [0.15, 0.2) is 0 Å². The first kappa shape index (κ1) is 18.9. The summed E-state index contributed by atoms with van der Waals surface area (Å²) in [7, 11) is 0. The highest BCUT2D eigenvalue weighted by Gasteiger charge is 2.35. The number of hydrogen-bond donors (Lipinski definition) is 2. The molecule has 2 aliphatic heterocycles. The molecule has 2 aromatic rings. The second-order valence-corrected chi connectivity index (χ2v) is 8.73. The summed E-state index contributed by atoms with van der Waals surface area (Å²) in [6.07, 6.45) is 1.39. The molecule has 3 amide bonds. The van der Waals surface area contributed by atoms with Gasteiger partial charge in [-0.1, -0.05) is 11.8 Å². The molecule has 2 saturated heterocycles. The fourth-order valence-electron chi connectivity index (χ4n) is 3.45. The minimum atomic E-state index is -0.641. The van der Waals surface area contributed by atoms with Gasteiger partial charge in [-0.05, 0) is 24.3 Å². The average molecular weight is 419 g/mol. The summed E-state index contributed by atoms with van der Waals surface area (Å²) in [5.41, 5.74) is 1.40. The first-order valence-electron chi connectivity index (χ1n) is 8.92. The number of nitrogens with zero attached hydrogens (tertiary/aromatic N) is 2. The van der Waals surface area contributed by atoms with Crippen LogP contribution in [0.2, 0.25) is 0 Å². The van der Waals surface area contributed by atoms with Crippen molar-refractivity contribution in [2.75, 3.05) is 13.1 Å². The molecule has 0 spiro atoms. The van der Waals surface area contributed by atoms with E-state index in [2.05, 4.69) is 15.3 Å². The van der Waals surface area contributed by atoms with Gasteiger partial charge in [0.2, 0.25) is 11.8 Å². The van der Waals surface area contributed by atoms with E-state index in [1.807, 2.05) is 16.8 Å². The van der Waals surface area contributed by atoms with Crippen molar-refractivity contribution in [1.29, 1.82) is 0 Å². The lowest BCUT2D eigenvalue weighted by molar-refractivity contribution is -0.133. The minimum absolute atomic E-state index is 0.0234. The number of piperidine rings is 1. The molecule has 8 nitrogen and oxygen atoms in total. The SMILES string of the molecule is O=C1NC(=O)[C@H](CC(=O)N2CCC(c3nc(-c4ccsc4)cc(=O)[nH]3)CC2)S1. The van der Waals surface area contributed by atoms with Crippen molar-refractivity contribution in [3.05, 3.63) is 39.1 Å². The molecule has 1 atom stereocenters. The monoisotopic (exact) mass is 418 g/mol. The van der Waals surface area contributed by atoms with Crippen LogP contribution in [-0.4, -0.2) is 50.3 Å². The zero-order valence-corrected chi connectivity index (χ0v) is 16.5. The summed E-state index contributed by atoms with van der Waals surface area (Å²) in [4.78, 5) is 56.6. The van der Waals surface area contributed by atoms with E-state index in [-0.39, 0.29) is 23.8 Å². The highest BCUT2D eigenvalue weighted by molar-refractivity contribution is 8.15. The normalized spacial score (nSPS) is 20.4. The molecule has 0 saturated carbocycles. The van der Waals surface area contributed by atoms with Crippen LogP contribution >= 0.6 is 23.1 Å². The van der Waals surface area contributed by atoms with Crippen molar-refractivity contribution < 1.29 is 14.4 Å². The van der Waals surface area contributed by atoms with Gasteiger partial charge in [-0.15, -0.1) is 0 Å².